The van der Waals surface area contributed by atoms with Gasteiger partial charge in [0.2, 0.25) is 0 Å². The first-order chi connectivity index (χ1) is 8.19. The number of benzene rings is 1. The minimum atomic E-state index is 0.174. The highest BCUT2D eigenvalue weighted by atomic mass is 35.5. The van der Waals surface area contributed by atoms with E-state index in [1.807, 2.05) is 0 Å². The summed E-state index contributed by atoms with van der Waals surface area (Å²) in [5.41, 5.74) is 1.78. The Hall–Kier alpha value is -1.87. The van der Waals surface area contributed by atoms with Gasteiger partial charge in [-0.25, -0.2) is 4.98 Å². The number of hydrogen-bond donors (Lipinski definition) is 1. The van der Waals surface area contributed by atoms with Gasteiger partial charge in [-0.2, -0.15) is 0 Å². The van der Waals surface area contributed by atoms with E-state index in [1.165, 1.54) is 0 Å². The van der Waals surface area contributed by atoms with Crippen molar-refractivity contribution in [1.29, 1.82) is 0 Å². The van der Waals surface area contributed by atoms with Gasteiger partial charge in [-0.05, 0) is 30.3 Å². The standard InChI is InChI=1S/C13H10ClNO2/c14-10-4-5-13(17)9(6-10)7-11-2-1-3-12(8-16)15-11/h1-6,8,17H,7H2. The molecule has 0 atom stereocenters. The molecule has 0 amide bonds. The van der Waals surface area contributed by atoms with Crippen molar-refractivity contribution in [2.45, 2.75) is 6.42 Å². The molecular formula is C13H10ClNO2. The van der Waals surface area contributed by atoms with Crippen LogP contribution in [0.25, 0.3) is 0 Å². The second kappa shape index (κ2) is 4.97. The first-order valence-corrected chi connectivity index (χ1v) is 5.45. The summed E-state index contributed by atoms with van der Waals surface area (Å²) in [6.07, 6.45) is 1.13. The largest absolute Gasteiger partial charge is 0.508 e. The first-order valence-electron chi connectivity index (χ1n) is 5.07. The molecule has 3 nitrogen and oxygen atoms in total. The van der Waals surface area contributed by atoms with Crippen LogP contribution in [0.1, 0.15) is 21.7 Å². The molecule has 0 radical (unpaired) electrons. The van der Waals surface area contributed by atoms with Crippen molar-refractivity contribution in [3.63, 3.8) is 0 Å². The van der Waals surface area contributed by atoms with Crippen LogP contribution in [0, 0.1) is 0 Å². The molecule has 0 aliphatic carbocycles. The van der Waals surface area contributed by atoms with Crippen molar-refractivity contribution >= 4 is 17.9 Å². The molecule has 2 aromatic rings. The van der Waals surface area contributed by atoms with Gasteiger partial charge in [0, 0.05) is 22.7 Å². The van der Waals surface area contributed by atoms with E-state index < -0.39 is 0 Å². The average Bonchev–Trinajstić information content (AvgIpc) is 2.34. The summed E-state index contributed by atoms with van der Waals surface area (Å²) >= 11 is 5.85. The number of phenolic OH excluding ortho intramolecular Hbond substituents is 1. The van der Waals surface area contributed by atoms with Gasteiger partial charge in [0.05, 0.1) is 0 Å². The highest BCUT2D eigenvalue weighted by Crippen LogP contribution is 2.23. The highest BCUT2D eigenvalue weighted by Gasteiger charge is 2.05. The van der Waals surface area contributed by atoms with Gasteiger partial charge < -0.3 is 5.11 Å². The average molecular weight is 248 g/mol. The third-order valence-electron chi connectivity index (χ3n) is 2.36. The van der Waals surface area contributed by atoms with Crippen LogP contribution in [-0.2, 0) is 6.42 Å². The summed E-state index contributed by atoms with van der Waals surface area (Å²) < 4.78 is 0. The zero-order valence-corrected chi connectivity index (χ0v) is 9.69. The van der Waals surface area contributed by atoms with Gasteiger partial charge in [0.1, 0.15) is 11.4 Å². The Morgan fingerprint density at radius 2 is 2.12 bits per heavy atom. The molecule has 0 saturated heterocycles. The van der Waals surface area contributed by atoms with Gasteiger partial charge >= 0.3 is 0 Å². The highest BCUT2D eigenvalue weighted by molar-refractivity contribution is 6.30. The Balaban J connectivity index is 2.30. The molecule has 0 unspecified atom stereocenters. The molecule has 0 fully saturated rings. The van der Waals surface area contributed by atoms with Crippen molar-refractivity contribution in [2.75, 3.05) is 0 Å². The van der Waals surface area contributed by atoms with Crippen LogP contribution >= 0.6 is 11.6 Å². The topological polar surface area (TPSA) is 50.2 Å². The van der Waals surface area contributed by atoms with Crippen molar-refractivity contribution in [2.24, 2.45) is 0 Å². The van der Waals surface area contributed by atoms with E-state index in [4.69, 9.17) is 11.6 Å². The normalized spacial score (nSPS) is 10.2. The van der Waals surface area contributed by atoms with Crippen LogP contribution < -0.4 is 0 Å². The minimum absolute atomic E-state index is 0.174. The Morgan fingerprint density at radius 3 is 2.88 bits per heavy atom. The molecule has 17 heavy (non-hydrogen) atoms. The number of aldehydes is 1. The Bertz CT molecular complexity index is 555. The quantitative estimate of drug-likeness (QED) is 0.849. The molecule has 1 heterocycles. The summed E-state index contributed by atoms with van der Waals surface area (Å²) in [6.45, 7) is 0. The molecule has 0 aliphatic heterocycles. The maximum absolute atomic E-state index is 10.6. The van der Waals surface area contributed by atoms with E-state index in [9.17, 15) is 9.90 Å². The number of aromatic hydroxyl groups is 1. The summed E-state index contributed by atoms with van der Waals surface area (Å²) in [6, 6.07) is 10.0. The lowest BCUT2D eigenvalue weighted by atomic mass is 10.1. The van der Waals surface area contributed by atoms with Gasteiger partial charge in [0.15, 0.2) is 6.29 Å². The van der Waals surface area contributed by atoms with E-state index in [-0.39, 0.29) is 5.75 Å². The lowest BCUT2D eigenvalue weighted by molar-refractivity contribution is 0.111. The maximum Gasteiger partial charge on any atom is 0.168 e. The predicted molar refractivity (Wildman–Crippen MR) is 65.5 cm³/mol. The molecule has 0 aliphatic rings. The Morgan fingerprint density at radius 1 is 1.29 bits per heavy atom. The third-order valence-corrected chi connectivity index (χ3v) is 2.60. The molecule has 86 valence electrons. The molecule has 1 N–H and O–H groups in total. The molecule has 0 saturated carbocycles. The van der Waals surface area contributed by atoms with E-state index in [1.54, 1.807) is 36.4 Å². The van der Waals surface area contributed by atoms with Gasteiger partial charge in [0.25, 0.3) is 0 Å². The van der Waals surface area contributed by atoms with Crippen LogP contribution in [0.15, 0.2) is 36.4 Å². The zero-order valence-electron chi connectivity index (χ0n) is 8.93. The van der Waals surface area contributed by atoms with Crippen LogP contribution in [0.5, 0.6) is 5.75 Å². The predicted octanol–water partition coefficient (Wildman–Crippen LogP) is 2.84. The van der Waals surface area contributed by atoms with E-state index in [0.29, 0.717) is 34.7 Å². The molecule has 0 bridgehead atoms. The van der Waals surface area contributed by atoms with E-state index >= 15 is 0 Å². The van der Waals surface area contributed by atoms with Crippen molar-refractivity contribution < 1.29 is 9.90 Å². The molecule has 4 heteroatoms. The number of carbonyl (C=O) groups excluding carboxylic acids is 1. The monoisotopic (exact) mass is 247 g/mol. The summed E-state index contributed by atoms with van der Waals surface area (Å²) in [4.78, 5) is 14.7. The van der Waals surface area contributed by atoms with Crippen LogP contribution in [0.2, 0.25) is 5.02 Å². The van der Waals surface area contributed by atoms with Crippen molar-refractivity contribution in [1.82, 2.24) is 4.98 Å². The molecule has 0 spiro atoms. The van der Waals surface area contributed by atoms with Crippen molar-refractivity contribution in [3.05, 3.63) is 58.4 Å². The van der Waals surface area contributed by atoms with Gasteiger partial charge in [-0.1, -0.05) is 17.7 Å². The first kappa shape index (κ1) is 11.6. The number of rotatable bonds is 3. The van der Waals surface area contributed by atoms with E-state index in [2.05, 4.69) is 4.98 Å². The fraction of sp³-hybridized carbons (Fsp3) is 0.0769. The number of halogens is 1. The van der Waals surface area contributed by atoms with Crippen LogP contribution in [0.4, 0.5) is 0 Å². The number of phenols is 1. The second-order valence-corrected chi connectivity index (χ2v) is 4.06. The molecule has 1 aromatic carbocycles. The molecular weight excluding hydrogens is 238 g/mol. The lowest BCUT2D eigenvalue weighted by Crippen LogP contribution is -1.96. The summed E-state index contributed by atoms with van der Waals surface area (Å²) in [5.74, 6) is 0.174. The number of pyridine rings is 1. The fourth-order valence-electron chi connectivity index (χ4n) is 1.55. The smallest absolute Gasteiger partial charge is 0.168 e. The zero-order chi connectivity index (χ0) is 12.3. The number of hydrogen-bond acceptors (Lipinski definition) is 3. The maximum atomic E-state index is 10.6. The van der Waals surface area contributed by atoms with Gasteiger partial charge in [-0.3, -0.25) is 4.79 Å². The van der Waals surface area contributed by atoms with Crippen LogP contribution in [0.3, 0.4) is 0 Å². The SMILES string of the molecule is O=Cc1cccc(Cc2cc(Cl)ccc2O)n1. The number of aromatic nitrogens is 1. The van der Waals surface area contributed by atoms with Gasteiger partial charge in [-0.15, -0.1) is 0 Å². The second-order valence-electron chi connectivity index (χ2n) is 3.62. The number of nitrogens with zero attached hydrogens (tertiary/aromatic N) is 1. The molecule has 2 rings (SSSR count). The van der Waals surface area contributed by atoms with E-state index in [0.717, 1.165) is 0 Å². The minimum Gasteiger partial charge on any atom is -0.508 e. The summed E-state index contributed by atoms with van der Waals surface area (Å²) in [7, 11) is 0. The Labute approximate surface area is 104 Å². The van der Waals surface area contributed by atoms with Crippen LogP contribution in [-0.4, -0.2) is 16.4 Å². The van der Waals surface area contributed by atoms with Crippen molar-refractivity contribution in [3.8, 4) is 5.75 Å². The molecule has 1 aromatic heterocycles. The fourth-order valence-corrected chi connectivity index (χ4v) is 1.75. The Kier molecular flexibility index (Phi) is 3.40. The third kappa shape index (κ3) is 2.82. The summed E-state index contributed by atoms with van der Waals surface area (Å²) in [5, 5.41) is 10.2. The number of carbonyl (C=O) groups is 1. The lowest BCUT2D eigenvalue weighted by Gasteiger charge is -2.05.